The molecule has 1 aromatic carbocycles. The molecule has 2 heterocycles. The predicted molar refractivity (Wildman–Crippen MR) is 146 cm³/mol. The van der Waals surface area contributed by atoms with Gasteiger partial charge in [-0.05, 0) is 64.5 Å². The molecule has 1 saturated carbocycles. The van der Waals surface area contributed by atoms with E-state index in [-0.39, 0.29) is 68.3 Å². The van der Waals surface area contributed by atoms with Crippen molar-refractivity contribution in [1.82, 2.24) is 15.4 Å². The van der Waals surface area contributed by atoms with E-state index in [0.29, 0.717) is 11.4 Å². The van der Waals surface area contributed by atoms with Crippen molar-refractivity contribution in [3.63, 3.8) is 0 Å². The number of piperidine rings is 1. The first kappa shape index (κ1) is 29.5. The number of anilines is 1. The fourth-order valence-corrected chi connectivity index (χ4v) is 7.66. The van der Waals surface area contributed by atoms with Gasteiger partial charge in [-0.15, -0.1) is 0 Å². The van der Waals surface area contributed by atoms with Crippen molar-refractivity contribution in [3.8, 4) is 0 Å². The second kappa shape index (κ2) is 12.3. The van der Waals surface area contributed by atoms with Gasteiger partial charge in [-0.2, -0.15) is 0 Å². The first-order valence-electron chi connectivity index (χ1n) is 13.8. The predicted octanol–water partition coefficient (Wildman–Crippen LogP) is 4.46. The van der Waals surface area contributed by atoms with E-state index in [2.05, 4.69) is 15.4 Å². The summed E-state index contributed by atoms with van der Waals surface area (Å²) in [6, 6.07) is 9.00. The van der Waals surface area contributed by atoms with Gasteiger partial charge in [0.2, 0.25) is 21.9 Å². The molecule has 2 fully saturated rings. The van der Waals surface area contributed by atoms with Gasteiger partial charge in [0.15, 0.2) is 0 Å². The Labute approximate surface area is 230 Å². The molecular weight excluding hydrogens is 526 g/mol. The topological polar surface area (TPSA) is 95.8 Å². The Morgan fingerprint density at radius 1 is 1.15 bits per heavy atom. The molecule has 216 valence electrons. The highest BCUT2D eigenvalue weighted by molar-refractivity contribution is 7.92. The molecule has 2 aliphatic rings. The Bertz CT molecular complexity index is 1180. The lowest BCUT2D eigenvalue weighted by atomic mass is 9.88. The van der Waals surface area contributed by atoms with Crippen LogP contribution in [0.4, 0.5) is 14.5 Å². The van der Waals surface area contributed by atoms with Gasteiger partial charge < -0.3 is 9.84 Å². The monoisotopic (exact) mass is 566 g/mol. The molecular formula is C28H40F2N4O4S. The SMILES string of the molecule is Cc1noc(C)c1CC(=O)NC1CCN([C@H](C)CN(c2ccccc2)S(=O)(=O)CC2CCC(F)(F)CC2)CC1. The average molecular weight is 567 g/mol. The minimum absolute atomic E-state index is 0.0554. The Balaban J connectivity index is 1.34. The second-order valence-corrected chi connectivity index (χ2v) is 13.1. The molecule has 39 heavy (non-hydrogen) atoms. The summed E-state index contributed by atoms with van der Waals surface area (Å²) >= 11 is 0. The molecule has 8 nitrogen and oxygen atoms in total. The largest absolute Gasteiger partial charge is 0.361 e. The highest BCUT2D eigenvalue weighted by Crippen LogP contribution is 2.37. The normalized spacial score (nSPS) is 20.0. The molecule has 1 atom stereocenters. The number of hydrogen-bond donors (Lipinski definition) is 1. The number of aryl methyl sites for hydroxylation is 2. The first-order valence-corrected chi connectivity index (χ1v) is 15.4. The summed E-state index contributed by atoms with van der Waals surface area (Å²) in [4.78, 5) is 14.9. The zero-order chi connectivity index (χ0) is 28.2. The maximum atomic E-state index is 13.6. The third kappa shape index (κ3) is 7.78. The van der Waals surface area contributed by atoms with E-state index in [1.54, 1.807) is 31.2 Å². The number of alkyl halides is 2. The smallest absolute Gasteiger partial charge is 0.248 e. The third-order valence-electron chi connectivity index (χ3n) is 8.13. The summed E-state index contributed by atoms with van der Waals surface area (Å²) in [5.41, 5.74) is 2.14. The van der Waals surface area contributed by atoms with Crippen molar-refractivity contribution in [2.24, 2.45) is 5.92 Å². The van der Waals surface area contributed by atoms with Gasteiger partial charge in [0.05, 0.1) is 23.6 Å². The van der Waals surface area contributed by atoms with Gasteiger partial charge in [-0.25, -0.2) is 17.2 Å². The van der Waals surface area contributed by atoms with Crippen LogP contribution >= 0.6 is 0 Å². The van der Waals surface area contributed by atoms with Crippen LogP contribution in [0.5, 0.6) is 0 Å². The van der Waals surface area contributed by atoms with Crippen LogP contribution in [0.2, 0.25) is 0 Å². The van der Waals surface area contributed by atoms with E-state index in [0.717, 1.165) is 37.2 Å². The molecule has 1 amide bonds. The number of aromatic nitrogens is 1. The number of carbonyl (C=O) groups excluding carboxylic acids is 1. The number of benzene rings is 1. The number of nitrogens with zero attached hydrogens (tertiary/aromatic N) is 3. The maximum Gasteiger partial charge on any atom is 0.248 e. The van der Waals surface area contributed by atoms with Crippen LogP contribution in [-0.2, 0) is 21.2 Å². The van der Waals surface area contributed by atoms with E-state index in [1.165, 1.54) is 4.31 Å². The number of nitrogens with one attached hydrogen (secondary N) is 1. The summed E-state index contributed by atoms with van der Waals surface area (Å²) in [6.07, 6.45) is 1.72. The van der Waals surface area contributed by atoms with Crippen molar-refractivity contribution in [2.75, 3.05) is 29.7 Å². The molecule has 1 saturated heterocycles. The van der Waals surface area contributed by atoms with Gasteiger partial charge in [-0.1, -0.05) is 23.4 Å². The van der Waals surface area contributed by atoms with Crippen molar-refractivity contribution < 1.29 is 26.5 Å². The highest BCUT2D eigenvalue weighted by atomic mass is 32.2. The number of halogens is 2. The van der Waals surface area contributed by atoms with Gasteiger partial charge in [-0.3, -0.25) is 14.0 Å². The summed E-state index contributed by atoms with van der Waals surface area (Å²) in [7, 11) is -3.71. The van der Waals surface area contributed by atoms with Crippen molar-refractivity contribution in [2.45, 2.75) is 83.7 Å². The van der Waals surface area contributed by atoms with Gasteiger partial charge >= 0.3 is 0 Å². The highest BCUT2D eigenvalue weighted by Gasteiger charge is 2.38. The standard InChI is InChI=1S/C28H40F2N4O4S/c1-20(33-15-11-24(12-16-33)31-27(35)17-26-21(2)32-38-22(26)3)18-34(25-7-5-4-6-8-25)39(36,37)19-23-9-13-28(29,30)14-10-23/h4-8,20,23-24H,9-19H2,1-3H3,(H,31,35)/t20-/m1/s1. The number of para-hydroxylation sites is 1. The molecule has 0 spiro atoms. The van der Waals surface area contributed by atoms with Gasteiger partial charge in [0, 0.05) is 50.1 Å². The number of carbonyl (C=O) groups is 1. The first-order chi connectivity index (χ1) is 18.4. The Hall–Kier alpha value is -2.53. The summed E-state index contributed by atoms with van der Waals surface area (Å²) in [5.74, 6) is -2.47. The molecule has 1 aliphatic carbocycles. The zero-order valence-corrected chi connectivity index (χ0v) is 23.9. The molecule has 4 rings (SSSR count). The molecule has 1 aliphatic heterocycles. The minimum atomic E-state index is -3.71. The van der Waals surface area contributed by atoms with Crippen LogP contribution in [0, 0.1) is 19.8 Å². The lowest BCUT2D eigenvalue weighted by Crippen LogP contribution is -2.51. The van der Waals surface area contributed by atoms with Crippen LogP contribution < -0.4 is 9.62 Å². The molecule has 1 N–H and O–H groups in total. The fourth-order valence-electron chi connectivity index (χ4n) is 5.66. The number of likely N-dealkylation sites (tertiary alicyclic amines) is 1. The molecule has 0 bridgehead atoms. The van der Waals surface area contributed by atoms with Crippen LogP contribution in [0.1, 0.15) is 62.5 Å². The summed E-state index contributed by atoms with van der Waals surface area (Å²) in [6.45, 7) is 7.39. The van der Waals surface area contributed by atoms with Gasteiger partial charge in [0.1, 0.15) is 5.76 Å². The molecule has 2 aromatic rings. The molecule has 0 unspecified atom stereocenters. The van der Waals surface area contributed by atoms with Gasteiger partial charge in [0.25, 0.3) is 0 Å². The Morgan fingerprint density at radius 2 is 1.79 bits per heavy atom. The third-order valence-corrected chi connectivity index (χ3v) is 10.1. The van der Waals surface area contributed by atoms with E-state index in [1.807, 2.05) is 19.9 Å². The number of amides is 1. The summed E-state index contributed by atoms with van der Waals surface area (Å²) < 4.78 is 61.1. The second-order valence-electron chi connectivity index (χ2n) is 11.2. The zero-order valence-electron chi connectivity index (χ0n) is 23.0. The van der Waals surface area contributed by atoms with Crippen molar-refractivity contribution >= 4 is 21.6 Å². The number of rotatable bonds is 10. The van der Waals surface area contributed by atoms with E-state index >= 15 is 0 Å². The van der Waals surface area contributed by atoms with Crippen molar-refractivity contribution in [1.29, 1.82) is 0 Å². The van der Waals surface area contributed by atoms with Crippen molar-refractivity contribution in [3.05, 3.63) is 47.3 Å². The summed E-state index contributed by atoms with van der Waals surface area (Å²) in [5, 5.41) is 7.03. The van der Waals surface area contributed by atoms with E-state index < -0.39 is 15.9 Å². The van der Waals surface area contributed by atoms with Crippen LogP contribution in [-0.4, -0.2) is 67.8 Å². The lowest BCUT2D eigenvalue weighted by molar-refractivity contribution is -0.121. The average Bonchev–Trinajstić information content (AvgIpc) is 3.21. The maximum absolute atomic E-state index is 13.6. The Morgan fingerprint density at radius 3 is 2.38 bits per heavy atom. The molecule has 1 aromatic heterocycles. The van der Waals surface area contributed by atoms with Crippen LogP contribution in [0.25, 0.3) is 0 Å². The minimum Gasteiger partial charge on any atom is -0.361 e. The van der Waals surface area contributed by atoms with E-state index in [4.69, 9.17) is 4.52 Å². The Kier molecular flexibility index (Phi) is 9.31. The number of sulfonamides is 1. The molecule has 0 radical (unpaired) electrons. The molecule has 11 heteroatoms. The van der Waals surface area contributed by atoms with E-state index in [9.17, 15) is 22.0 Å². The number of hydrogen-bond acceptors (Lipinski definition) is 6. The fraction of sp³-hybridized carbons (Fsp3) is 0.643. The van der Waals surface area contributed by atoms with Crippen LogP contribution in [0.15, 0.2) is 34.9 Å². The van der Waals surface area contributed by atoms with Crippen LogP contribution in [0.3, 0.4) is 0 Å². The quantitative estimate of drug-likeness (QED) is 0.456. The lowest BCUT2D eigenvalue weighted by Gasteiger charge is -2.39.